The summed E-state index contributed by atoms with van der Waals surface area (Å²) in [4.78, 5) is 23.7. The maximum absolute atomic E-state index is 14.3. The number of fused-ring (bicyclic) bond motifs is 4. The Hall–Kier alpha value is -4.42. The predicted octanol–water partition coefficient (Wildman–Crippen LogP) is 4.55. The van der Waals surface area contributed by atoms with Gasteiger partial charge in [-0.1, -0.05) is 35.5 Å². The van der Waals surface area contributed by atoms with Crippen LogP contribution in [-0.4, -0.2) is 57.3 Å². The van der Waals surface area contributed by atoms with E-state index in [4.69, 9.17) is 9.51 Å². The maximum Gasteiger partial charge on any atom is 0.353 e. The number of pyridine rings is 1. The lowest BCUT2D eigenvalue weighted by molar-refractivity contribution is -0.0241. The van der Waals surface area contributed by atoms with Gasteiger partial charge in [-0.05, 0) is 62.7 Å². The molecule has 0 spiro atoms. The molecule has 4 aromatic rings. The molecule has 0 saturated carbocycles. The molecule has 4 aliphatic heterocycles. The van der Waals surface area contributed by atoms with Gasteiger partial charge in [0.2, 0.25) is 0 Å². The number of aliphatic hydroxyl groups excluding tert-OH is 1. The van der Waals surface area contributed by atoms with E-state index in [1.807, 2.05) is 30.3 Å². The van der Waals surface area contributed by atoms with Crippen molar-refractivity contribution in [2.45, 2.75) is 36.8 Å². The summed E-state index contributed by atoms with van der Waals surface area (Å²) in [5, 5.41) is 22.8. The summed E-state index contributed by atoms with van der Waals surface area (Å²) >= 11 is 0. The van der Waals surface area contributed by atoms with Crippen LogP contribution < -0.4 is 16.0 Å². The number of benzene rings is 2. The summed E-state index contributed by atoms with van der Waals surface area (Å²) in [5.74, 6) is 0.544. The molecule has 0 aliphatic carbocycles. The van der Waals surface area contributed by atoms with Gasteiger partial charge in [-0.3, -0.25) is 10.1 Å². The van der Waals surface area contributed by atoms with Crippen LogP contribution in [0.5, 0.6) is 0 Å². The molecule has 216 valence electrons. The normalized spacial score (nSPS) is 22.8. The van der Waals surface area contributed by atoms with Crippen LogP contribution >= 0.6 is 0 Å². The minimum Gasteiger partial charge on any atom is -0.394 e. The Kier molecular flexibility index (Phi) is 6.39. The molecule has 12 heteroatoms. The third-order valence-corrected chi connectivity index (χ3v) is 8.61. The highest BCUT2D eigenvalue weighted by molar-refractivity contribution is 6.00. The van der Waals surface area contributed by atoms with Crippen LogP contribution in [0.25, 0.3) is 11.5 Å². The van der Waals surface area contributed by atoms with Crippen molar-refractivity contribution in [2.24, 2.45) is 0 Å². The van der Waals surface area contributed by atoms with Crippen LogP contribution in [0.4, 0.5) is 26.0 Å². The van der Waals surface area contributed by atoms with Gasteiger partial charge in [0.05, 0.1) is 35.0 Å². The molecule has 0 radical (unpaired) electrons. The fraction of sp³-hybridized carbons (Fsp3) is 0.333. The Balaban J connectivity index is 1.23. The van der Waals surface area contributed by atoms with Crippen LogP contribution in [0, 0.1) is 0 Å². The highest BCUT2D eigenvalue weighted by atomic mass is 19.3. The van der Waals surface area contributed by atoms with Gasteiger partial charge in [-0.2, -0.15) is 13.8 Å². The van der Waals surface area contributed by atoms with E-state index in [-0.39, 0.29) is 17.6 Å². The summed E-state index contributed by atoms with van der Waals surface area (Å²) in [6.07, 6.45) is 4.54. The molecule has 4 N–H and O–H groups in total. The summed E-state index contributed by atoms with van der Waals surface area (Å²) in [7, 11) is 0. The van der Waals surface area contributed by atoms with Gasteiger partial charge in [0.1, 0.15) is 5.82 Å². The van der Waals surface area contributed by atoms with Crippen LogP contribution in [0.3, 0.4) is 0 Å². The average Bonchev–Trinajstić information content (AvgIpc) is 3.60. The number of aliphatic hydroxyl groups is 1. The van der Waals surface area contributed by atoms with Crippen molar-refractivity contribution in [1.29, 1.82) is 0 Å². The zero-order valence-electron chi connectivity index (χ0n) is 22.6. The number of carbonyl (C=O) groups excluding carboxylic acids is 1. The molecule has 6 heterocycles. The number of nitrogens with zero attached hydrogens (tertiary/aromatic N) is 4. The van der Waals surface area contributed by atoms with Gasteiger partial charge in [-0.25, -0.2) is 4.98 Å². The SMILES string of the molecule is O=C1NC(F)(F)c2cc(Nc3cc(N[C@H](CO)c4ccccc4)c(-c4nc(C56CCN(CC5)CC6)no4)cn3)ccc21. The van der Waals surface area contributed by atoms with Crippen LogP contribution in [0.15, 0.2) is 65.3 Å². The highest BCUT2D eigenvalue weighted by Crippen LogP contribution is 2.43. The summed E-state index contributed by atoms with van der Waals surface area (Å²) in [6.45, 7) is 2.87. The topological polar surface area (TPSA) is 128 Å². The summed E-state index contributed by atoms with van der Waals surface area (Å²) in [6, 6.07) is 11.4. The van der Waals surface area contributed by atoms with E-state index in [1.54, 1.807) is 23.6 Å². The molecule has 3 saturated heterocycles. The fourth-order valence-electron chi connectivity index (χ4n) is 6.14. The molecule has 42 heavy (non-hydrogen) atoms. The number of amides is 1. The number of carbonyl (C=O) groups is 1. The third-order valence-electron chi connectivity index (χ3n) is 8.61. The van der Waals surface area contributed by atoms with Crippen molar-refractivity contribution in [3.05, 3.63) is 83.3 Å². The molecule has 3 fully saturated rings. The third kappa shape index (κ3) is 4.66. The van der Waals surface area contributed by atoms with E-state index in [9.17, 15) is 18.7 Å². The quantitative estimate of drug-likeness (QED) is 0.225. The van der Waals surface area contributed by atoms with Crippen molar-refractivity contribution in [2.75, 3.05) is 36.9 Å². The smallest absolute Gasteiger partial charge is 0.353 e. The fourth-order valence-corrected chi connectivity index (χ4v) is 6.14. The molecular weight excluding hydrogens is 544 g/mol. The second-order valence-electron chi connectivity index (χ2n) is 11.1. The van der Waals surface area contributed by atoms with Gasteiger partial charge in [0.25, 0.3) is 11.8 Å². The van der Waals surface area contributed by atoms with Crippen molar-refractivity contribution < 1.29 is 23.2 Å². The first-order valence-electron chi connectivity index (χ1n) is 13.9. The first kappa shape index (κ1) is 26.5. The zero-order valence-corrected chi connectivity index (χ0v) is 22.6. The minimum atomic E-state index is -3.46. The molecule has 2 bridgehead atoms. The number of aromatic nitrogens is 3. The monoisotopic (exact) mass is 573 g/mol. The molecule has 0 unspecified atom stereocenters. The van der Waals surface area contributed by atoms with Crippen LogP contribution in [-0.2, 0) is 11.5 Å². The van der Waals surface area contributed by atoms with Gasteiger partial charge >= 0.3 is 6.05 Å². The lowest BCUT2D eigenvalue weighted by Crippen LogP contribution is -2.51. The standard InChI is InChI=1S/C30H29F2N7O3/c31-30(32)22-14-19(6-7-20(22)26(41)37-30)34-25-15-23(35-24(17-40)18-4-2-1-3-5-18)21(16-33-25)27-36-28(38-42-27)29-8-11-39(12-9-29)13-10-29/h1-7,14-16,24,40H,8-13,17H2,(H,37,41)(H2,33,34,35)/t24-/m1/s1. The van der Waals surface area contributed by atoms with Crippen LogP contribution in [0.2, 0.25) is 0 Å². The summed E-state index contributed by atoms with van der Waals surface area (Å²) < 4.78 is 34.4. The van der Waals surface area contributed by atoms with E-state index >= 15 is 0 Å². The number of piperidine rings is 3. The van der Waals surface area contributed by atoms with Gasteiger partial charge in [0, 0.05) is 23.4 Å². The van der Waals surface area contributed by atoms with Crippen molar-refractivity contribution >= 4 is 23.1 Å². The molecule has 1 amide bonds. The predicted molar refractivity (Wildman–Crippen MR) is 150 cm³/mol. The Morgan fingerprint density at radius 2 is 1.81 bits per heavy atom. The van der Waals surface area contributed by atoms with E-state index in [0.29, 0.717) is 34.5 Å². The molecule has 8 rings (SSSR count). The Morgan fingerprint density at radius 1 is 1.05 bits per heavy atom. The number of hydrogen-bond donors (Lipinski definition) is 4. The van der Waals surface area contributed by atoms with Crippen molar-refractivity contribution in [3.63, 3.8) is 0 Å². The molecule has 4 aliphatic rings. The van der Waals surface area contributed by atoms with Crippen molar-refractivity contribution in [3.8, 4) is 11.5 Å². The molecular formula is C30H29F2N7O3. The zero-order chi connectivity index (χ0) is 28.9. The number of nitrogens with one attached hydrogen (secondary N) is 3. The highest BCUT2D eigenvalue weighted by Gasteiger charge is 2.45. The number of rotatable bonds is 8. The van der Waals surface area contributed by atoms with Gasteiger partial charge < -0.3 is 25.2 Å². The minimum absolute atomic E-state index is 0.0693. The Labute approximate surface area is 240 Å². The largest absolute Gasteiger partial charge is 0.394 e. The first-order chi connectivity index (χ1) is 20.3. The van der Waals surface area contributed by atoms with Gasteiger partial charge in [-0.15, -0.1) is 0 Å². The Morgan fingerprint density at radius 3 is 2.55 bits per heavy atom. The molecule has 2 aromatic carbocycles. The first-order valence-corrected chi connectivity index (χ1v) is 13.9. The average molecular weight is 574 g/mol. The molecule has 2 aromatic heterocycles. The van der Waals surface area contributed by atoms with E-state index in [1.165, 1.54) is 12.1 Å². The lowest BCUT2D eigenvalue weighted by Gasteiger charge is -2.46. The lowest BCUT2D eigenvalue weighted by atomic mass is 9.71. The second-order valence-corrected chi connectivity index (χ2v) is 11.1. The number of anilines is 3. The van der Waals surface area contributed by atoms with E-state index in [2.05, 4.69) is 25.7 Å². The van der Waals surface area contributed by atoms with Gasteiger partial charge in [0.15, 0.2) is 5.82 Å². The second kappa shape index (κ2) is 10.1. The van der Waals surface area contributed by atoms with E-state index < -0.39 is 23.6 Å². The Bertz CT molecular complexity index is 1620. The van der Waals surface area contributed by atoms with Crippen LogP contribution in [0.1, 0.15) is 52.6 Å². The van der Waals surface area contributed by atoms with E-state index in [0.717, 1.165) is 44.5 Å². The number of hydrogen-bond acceptors (Lipinski definition) is 9. The maximum atomic E-state index is 14.3. The molecule has 1 atom stereocenters. The number of halogens is 2. The molecule has 10 nitrogen and oxygen atoms in total. The van der Waals surface area contributed by atoms with Crippen molar-refractivity contribution in [1.82, 2.24) is 25.3 Å². The number of alkyl halides is 2. The summed E-state index contributed by atoms with van der Waals surface area (Å²) in [5.41, 5.74) is 1.75.